The second kappa shape index (κ2) is 9.87. The highest BCUT2D eigenvalue weighted by Gasteiger charge is 2.26. The molecule has 3 aromatic rings. The molecule has 1 N–H and O–H groups in total. The third-order valence-electron chi connectivity index (χ3n) is 5.43. The number of nitriles is 1. The van der Waals surface area contributed by atoms with Gasteiger partial charge >= 0.3 is 6.09 Å². The zero-order chi connectivity index (χ0) is 24.1. The number of nitrogens with zero attached hydrogens (tertiary/aromatic N) is 4. The summed E-state index contributed by atoms with van der Waals surface area (Å²) in [4.78, 5) is 20.7. The molecule has 0 spiro atoms. The number of piperazine rings is 1. The van der Waals surface area contributed by atoms with Crippen molar-refractivity contribution < 1.29 is 13.9 Å². The number of ether oxygens (including phenoxy) is 1. The normalized spacial score (nSPS) is 13.9. The molecule has 1 amide bonds. The SMILES string of the molecule is CC(C)(C)OC(=O)N1CCN(c2ccc(NCc3ccc(-c4ccc(C#N)cc4)o3)cn2)CC1. The molecular weight excluding hydrogens is 430 g/mol. The first-order valence-corrected chi connectivity index (χ1v) is 11.3. The van der Waals surface area contributed by atoms with Crippen LogP contribution in [0.15, 0.2) is 59.1 Å². The van der Waals surface area contributed by atoms with E-state index in [9.17, 15) is 4.79 Å². The van der Waals surface area contributed by atoms with Gasteiger partial charge in [-0.1, -0.05) is 0 Å². The molecule has 1 aromatic carbocycles. The number of carbonyl (C=O) groups is 1. The van der Waals surface area contributed by atoms with Gasteiger partial charge < -0.3 is 24.3 Å². The summed E-state index contributed by atoms with van der Waals surface area (Å²) < 4.78 is 11.4. The van der Waals surface area contributed by atoms with Gasteiger partial charge in [0.1, 0.15) is 22.9 Å². The van der Waals surface area contributed by atoms with Gasteiger partial charge in [-0.3, -0.25) is 0 Å². The Morgan fingerprint density at radius 2 is 1.82 bits per heavy atom. The van der Waals surface area contributed by atoms with Gasteiger partial charge in [0.05, 0.1) is 30.1 Å². The average Bonchev–Trinajstić information content (AvgIpc) is 3.31. The maximum absolute atomic E-state index is 12.2. The van der Waals surface area contributed by atoms with Crippen molar-refractivity contribution in [3.05, 3.63) is 66.1 Å². The lowest BCUT2D eigenvalue weighted by molar-refractivity contribution is 0.0240. The molecule has 0 radical (unpaired) electrons. The van der Waals surface area contributed by atoms with Crippen LogP contribution in [0, 0.1) is 11.3 Å². The van der Waals surface area contributed by atoms with Gasteiger partial charge in [-0.25, -0.2) is 9.78 Å². The van der Waals surface area contributed by atoms with Crippen LogP contribution in [0.2, 0.25) is 0 Å². The van der Waals surface area contributed by atoms with E-state index in [1.807, 2.05) is 57.2 Å². The summed E-state index contributed by atoms with van der Waals surface area (Å²) in [6.45, 7) is 8.80. The van der Waals surface area contributed by atoms with Gasteiger partial charge in [0.2, 0.25) is 0 Å². The first kappa shape index (κ1) is 23.2. The van der Waals surface area contributed by atoms with Crippen molar-refractivity contribution in [2.45, 2.75) is 32.9 Å². The van der Waals surface area contributed by atoms with Gasteiger partial charge in [0, 0.05) is 31.7 Å². The number of hydrogen-bond acceptors (Lipinski definition) is 7. The molecule has 1 saturated heterocycles. The molecule has 8 nitrogen and oxygen atoms in total. The highest BCUT2D eigenvalue weighted by Crippen LogP contribution is 2.23. The maximum Gasteiger partial charge on any atom is 0.410 e. The number of amides is 1. The number of pyridine rings is 1. The van der Waals surface area contributed by atoms with E-state index >= 15 is 0 Å². The Hall–Kier alpha value is -3.99. The Labute approximate surface area is 199 Å². The predicted octanol–water partition coefficient (Wildman–Crippen LogP) is 4.88. The van der Waals surface area contributed by atoms with Crippen LogP contribution in [0.25, 0.3) is 11.3 Å². The fourth-order valence-corrected chi connectivity index (χ4v) is 3.65. The quantitative estimate of drug-likeness (QED) is 0.581. The number of carbonyl (C=O) groups excluding carboxylic acids is 1. The number of nitrogens with one attached hydrogen (secondary N) is 1. The molecule has 1 aliphatic rings. The summed E-state index contributed by atoms with van der Waals surface area (Å²) in [6.07, 6.45) is 1.54. The minimum absolute atomic E-state index is 0.264. The Bertz CT molecular complexity index is 1150. The average molecular weight is 460 g/mol. The summed E-state index contributed by atoms with van der Waals surface area (Å²) in [7, 11) is 0. The number of aromatic nitrogens is 1. The molecule has 1 fully saturated rings. The van der Waals surface area contributed by atoms with Crippen molar-refractivity contribution in [2.75, 3.05) is 36.4 Å². The molecule has 0 unspecified atom stereocenters. The Kier molecular flexibility index (Phi) is 6.73. The number of anilines is 2. The van der Waals surface area contributed by atoms with Crippen LogP contribution in [-0.4, -0.2) is 47.8 Å². The van der Waals surface area contributed by atoms with Crippen LogP contribution in [0.1, 0.15) is 32.1 Å². The fourth-order valence-electron chi connectivity index (χ4n) is 3.65. The zero-order valence-electron chi connectivity index (χ0n) is 19.7. The number of rotatable bonds is 5. The molecule has 4 rings (SSSR count). The molecule has 2 aromatic heterocycles. The molecular formula is C26H29N5O3. The predicted molar refractivity (Wildman–Crippen MR) is 130 cm³/mol. The molecule has 0 atom stereocenters. The van der Waals surface area contributed by atoms with E-state index in [1.165, 1.54) is 0 Å². The van der Waals surface area contributed by atoms with E-state index in [0.717, 1.165) is 28.6 Å². The molecule has 8 heteroatoms. The minimum atomic E-state index is -0.487. The van der Waals surface area contributed by atoms with E-state index in [0.29, 0.717) is 38.3 Å². The third-order valence-corrected chi connectivity index (χ3v) is 5.43. The van der Waals surface area contributed by atoms with Crippen LogP contribution < -0.4 is 10.2 Å². The monoisotopic (exact) mass is 459 g/mol. The van der Waals surface area contributed by atoms with Crippen molar-refractivity contribution in [3.63, 3.8) is 0 Å². The second-order valence-corrected chi connectivity index (χ2v) is 9.17. The van der Waals surface area contributed by atoms with Gasteiger partial charge in [0.25, 0.3) is 0 Å². The molecule has 176 valence electrons. The lowest BCUT2D eigenvalue weighted by Gasteiger charge is -2.36. The topological polar surface area (TPSA) is 94.6 Å². The van der Waals surface area contributed by atoms with Crippen LogP contribution in [0.3, 0.4) is 0 Å². The van der Waals surface area contributed by atoms with Crippen molar-refractivity contribution in [1.82, 2.24) is 9.88 Å². The van der Waals surface area contributed by atoms with Crippen LogP contribution >= 0.6 is 0 Å². The van der Waals surface area contributed by atoms with Crippen LogP contribution in [-0.2, 0) is 11.3 Å². The lowest BCUT2D eigenvalue weighted by Crippen LogP contribution is -2.50. The lowest BCUT2D eigenvalue weighted by atomic mass is 10.1. The van der Waals surface area contributed by atoms with E-state index in [4.69, 9.17) is 14.4 Å². The smallest absolute Gasteiger partial charge is 0.410 e. The van der Waals surface area contributed by atoms with E-state index < -0.39 is 5.60 Å². The standard InChI is InChI=1S/C26H29N5O3/c1-26(2,3)34-25(32)31-14-12-30(13-15-31)24-11-8-21(17-29-24)28-18-22-9-10-23(33-22)20-6-4-19(16-27)5-7-20/h4-11,17,28H,12-15,18H2,1-3H3. The van der Waals surface area contributed by atoms with Crippen molar-refractivity contribution in [3.8, 4) is 17.4 Å². The van der Waals surface area contributed by atoms with E-state index in [-0.39, 0.29) is 6.09 Å². The zero-order valence-corrected chi connectivity index (χ0v) is 19.7. The molecule has 0 aliphatic carbocycles. The summed E-state index contributed by atoms with van der Waals surface area (Å²) in [5.41, 5.74) is 1.97. The minimum Gasteiger partial charge on any atom is -0.459 e. The molecule has 34 heavy (non-hydrogen) atoms. The maximum atomic E-state index is 12.2. The first-order valence-electron chi connectivity index (χ1n) is 11.3. The second-order valence-electron chi connectivity index (χ2n) is 9.17. The summed E-state index contributed by atoms with van der Waals surface area (Å²) >= 11 is 0. The number of hydrogen-bond donors (Lipinski definition) is 1. The van der Waals surface area contributed by atoms with E-state index in [1.54, 1.807) is 23.2 Å². The molecule has 3 heterocycles. The molecule has 0 bridgehead atoms. The summed E-state index contributed by atoms with van der Waals surface area (Å²) in [6, 6.07) is 17.3. The summed E-state index contributed by atoms with van der Waals surface area (Å²) in [5, 5.41) is 12.3. The molecule has 0 saturated carbocycles. The third kappa shape index (κ3) is 5.87. The van der Waals surface area contributed by atoms with Crippen molar-refractivity contribution >= 4 is 17.6 Å². The fraction of sp³-hybridized carbons (Fsp3) is 0.346. The Balaban J connectivity index is 1.27. The highest BCUT2D eigenvalue weighted by molar-refractivity contribution is 5.68. The van der Waals surface area contributed by atoms with Crippen LogP contribution in [0.5, 0.6) is 0 Å². The van der Waals surface area contributed by atoms with Gasteiger partial charge in [-0.05, 0) is 69.3 Å². The Morgan fingerprint density at radius 1 is 1.09 bits per heavy atom. The highest BCUT2D eigenvalue weighted by atomic mass is 16.6. The number of benzene rings is 1. The molecule has 1 aliphatic heterocycles. The van der Waals surface area contributed by atoms with Gasteiger partial charge in [-0.2, -0.15) is 5.26 Å². The van der Waals surface area contributed by atoms with E-state index in [2.05, 4.69) is 21.3 Å². The van der Waals surface area contributed by atoms with Gasteiger partial charge in [0.15, 0.2) is 0 Å². The van der Waals surface area contributed by atoms with Crippen molar-refractivity contribution in [1.29, 1.82) is 5.26 Å². The summed E-state index contributed by atoms with van der Waals surface area (Å²) in [5.74, 6) is 2.46. The van der Waals surface area contributed by atoms with Crippen molar-refractivity contribution in [2.24, 2.45) is 0 Å². The first-order chi connectivity index (χ1) is 16.3. The van der Waals surface area contributed by atoms with Gasteiger partial charge in [-0.15, -0.1) is 0 Å². The Morgan fingerprint density at radius 3 is 2.44 bits per heavy atom. The number of furan rings is 1. The van der Waals surface area contributed by atoms with Crippen LogP contribution in [0.4, 0.5) is 16.3 Å². The largest absolute Gasteiger partial charge is 0.459 e.